The zero-order valence-electron chi connectivity index (χ0n) is 6.72. The predicted octanol–water partition coefficient (Wildman–Crippen LogP) is -0.158. The van der Waals surface area contributed by atoms with Crippen LogP contribution in [-0.2, 0) is 14.3 Å². The molecule has 0 saturated carbocycles. The molecule has 0 aromatic carbocycles. The lowest BCUT2D eigenvalue weighted by molar-refractivity contribution is -0.145. The molecule has 0 aliphatic rings. The molecule has 0 spiro atoms. The van der Waals surface area contributed by atoms with Gasteiger partial charge < -0.3 is 10.1 Å². The molecule has 0 saturated heterocycles. The van der Waals surface area contributed by atoms with E-state index >= 15 is 0 Å². The fourth-order valence-corrected chi connectivity index (χ4v) is 0.726. The summed E-state index contributed by atoms with van der Waals surface area (Å²) >= 11 is 0. The number of ether oxygens (including phenoxy) is 1. The van der Waals surface area contributed by atoms with Gasteiger partial charge in [-0.1, -0.05) is 6.92 Å². The summed E-state index contributed by atoms with van der Waals surface area (Å²) in [5, 5.41) is 2.31. The Kier molecular flexibility index (Phi) is 5.15. The van der Waals surface area contributed by atoms with E-state index in [1.54, 1.807) is 0 Å². The zero-order chi connectivity index (χ0) is 8.69. The number of carbonyl (C=O) groups is 1. The van der Waals surface area contributed by atoms with Crippen molar-refractivity contribution >= 4 is 12.4 Å². The highest BCUT2D eigenvalue weighted by Gasteiger charge is 2.15. The van der Waals surface area contributed by atoms with Gasteiger partial charge in [0.05, 0.1) is 13.0 Å². The van der Waals surface area contributed by atoms with Crippen LogP contribution in [0.2, 0.25) is 0 Å². The lowest BCUT2D eigenvalue weighted by atomic mass is 10.1. The van der Waals surface area contributed by atoms with Crippen molar-refractivity contribution in [1.29, 1.82) is 0 Å². The minimum atomic E-state index is -0.296. The first kappa shape index (κ1) is 9.94. The maximum atomic E-state index is 10.9. The van der Waals surface area contributed by atoms with Crippen molar-refractivity contribution in [1.82, 2.24) is 5.32 Å². The first-order valence-corrected chi connectivity index (χ1v) is 3.44. The molecule has 11 heavy (non-hydrogen) atoms. The van der Waals surface area contributed by atoms with Gasteiger partial charge in [0.15, 0.2) is 0 Å². The van der Waals surface area contributed by atoms with Crippen LogP contribution in [0.5, 0.6) is 0 Å². The van der Waals surface area contributed by atoms with Crippen LogP contribution in [0.25, 0.3) is 0 Å². The summed E-state index contributed by atoms with van der Waals surface area (Å²) in [6.07, 6.45) is 2.16. The lowest BCUT2D eigenvalue weighted by Gasteiger charge is -2.09. The van der Waals surface area contributed by atoms with Gasteiger partial charge in [0.1, 0.15) is 0 Å². The van der Waals surface area contributed by atoms with Crippen LogP contribution in [0, 0.1) is 5.92 Å². The number of amides is 1. The molecule has 1 amide bonds. The summed E-state index contributed by atoms with van der Waals surface area (Å²) in [4.78, 5) is 20.6. The molecule has 0 fully saturated rings. The number of nitrogens with one attached hydrogen (secondary N) is 1. The molecule has 1 N–H and O–H groups in total. The highest BCUT2D eigenvalue weighted by Crippen LogP contribution is 2.02. The van der Waals surface area contributed by atoms with Crippen LogP contribution in [-0.4, -0.2) is 26.0 Å². The molecule has 63 valence electrons. The standard InChI is InChI=1S/C7H12NO3/c1-3-6(4-8-5-9)7(10)11-2/h6H,3-4H2,1-2H3,(H,8,9). The van der Waals surface area contributed by atoms with E-state index in [1.807, 2.05) is 6.92 Å². The summed E-state index contributed by atoms with van der Waals surface area (Å²) in [5.74, 6) is -0.545. The quantitative estimate of drug-likeness (QED) is 0.447. The van der Waals surface area contributed by atoms with Crippen molar-refractivity contribution in [2.24, 2.45) is 5.92 Å². The van der Waals surface area contributed by atoms with Gasteiger partial charge in [0.2, 0.25) is 0 Å². The minimum absolute atomic E-state index is 0.249. The van der Waals surface area contributed by atoms with Crippen molar-refractivity contribution in [2.75, 3.05) is 13.7 Å². The Hall–Kier alpha value is -1.06. The Balaban J connectivity index is 3.74. The van der Waals surface area contributed by atoms with Crippen LogP contribution < -0.4 is 5.32 Å². The molecule has 0 heterocycles. The maximum Gasteiger partial charge on any atom is 0.310 e. The summed E-state index contributed by atoms with van der Waals surface area (Å²) in [6.45, 7) is 2.15. The maximum absolute atomic E-state index is 10.9. The molecule has 0 bridgehead atoms. The summed E-state index contributed by atoms with van der Waals surface area (Å²) in [6, 6.07) is 0. The third-order valence-corrected chi connectivity index (χ3v) is 1.45. The molecule has 4 heteroatoms. The van der Waals surface area contributed by atoms with Crippen molar-refractivity contribution in [3.63, 3.8) is 0 Å². The van der Waals surface area contributed by atoms with Gasteiger partial charge in [0, 0.05) is 6.54 Å². The Labute approximate surface area is 65.9 Å². The largest absolute Gasteiger partial charge is 0.469 e. The first-order chi connectivity index (χ1) is 5.26. The third kappa shape index (κ3) is 3.60. The second-order valence-corrected chi connectivity index (χ2v) is 2.11. The highest BCUT2D eigenvalue weighted by molar-refractivity contribution is 5.72. The Bertz CT molecular complexity index is 136. The van der Waals surface area contributed by atoms with E-state index in [0.717, 1.165) is 0 Å². The van der Waals surface area contributed by atoms with E-state index < -0.39 is 0 Å². The molecule has 0 aromatic heterocycles. The van der Waals surface area contributed by atoms with Gasteiger partial charge in [-0.15, -0.1) is 0 Å². The lowest BCUT2D eigenvalue weighted by Crippen LogP contribution is -2.27. The fraction of sp³-hybridized carbons (Fsp3) is 0.714. The summed E-state index contributed by atoms with van der Waals surface area (Å²) in [7, 11) is 1.33. The number of rotatable bonds is 5. The normalized spacial score (nSPS) is 11.8. The Morgan fingerprint density at radius 1 is 1.73 bits per heavy atom. The minimum Gasteiger partial charge on any atom is -0.469 e. The molecule has 0 rings (SSSR count). The van der Waals surface area contributed by atoms with E-state index in [9.17, 15) is 9.59 Å². The summed E-state index contributed by atoms with van der Waals surface area (Å²) < 4.78 is 4.49. The molecule has 1 unspecified atom stereocenters. The average Bonchev–Trinajstić information content (AvgIpc) is 2.05. The third-order valence-electron chi connectivity index (χ3n) is 1.45. The van der Waals surface area contributed by atoms with Crippen LogP contribution in [0.3, 0.4) is 0 Å². The molecular formula is C7H12NO3. The predicted molar refractivity (Wildman–Crippen MR) is 39.5 cm³/mol. The number of esters is 1. The van der Waals surface area contributed by atoms with Crippen molar-refractivity contribution < 1.29 is 14.3 Å². The van der Waals surface area contributed by atoms with Gasteiger partial charge in [-0.2, -0.15) is 0 Å². The summed E-state index contributed by atoms with van der Waals surface area (Å²) in [5.41, 5.74) is 0. The topological polar surface area (TPSA) is 55.4 Å². The average molecular weight is 158 g/mol. The van der Waals surface area contributed by atoms with E-state index in [-0.39, 0.29) is 11.9 Å². The second-order valence-electron chi connectivity index (χ2n) is 2.11. The highest BCUT2D eigenvalue weighted by atomic mass is 16.5. The van der Waals surface area contributed by atoms with Crippen LogP contribution in [0.1, 0.15) is 13.3 Å². The molecule has 0 aliphatic carbocycles. The SMILES string of the molecule is CCC(CN[C]=O)C(=O)OC. The fourth-order valence-electron chi connectivity index (χ4n) is 0.726. The van der Waals surface area contributed by atoms with Crippen LogP contribution >= 0.6 is 0 Å². The monoisotopic (exact) mass is 158 g/mol. The van der Waals surface area contributed by atoms with Gasteiger partial charge in [0.25, 0.3) is 0 Å². The number of carbonyl (C=O) groups excluding carboxylic acids is 2. The van der Waals surface area contributed by atoms with E-state index in [2.05, 4.69) is 10.1 Å². The number of methoxy groups -OCH3 is 1. The van der Waals surface area contributed by atoms with Crippen molar-refractivity contribution in [3.8, 4) is 0 Å². The Morgan fingerprint density at radius 2 is 2.36 bits per heavy atom. The molecular weight excluding hydrogens is 146 g/mol. The first-order valence-electron chi connectivity index (χ1n) is 3.44. The molecule has 1 atom stereocenters. The zero-order valence-corrected chi connectivity index (χ0v) is 6.72. The van der Waals surface area contributed by atoms with Gasteiger partial charge >= 0.3 is 12.4 Å². The number of hydrogen-bond donors (Lipinski definition) is 1. The van der Waals surface area contributed by atoms with Crippen LogP contribution in [0.15, 0.2) is 0 Å². The van der Waals surface area contributed by atoms with E-state index in [1.165, 1.54) is 13.5 Å². The molecule has 0 aliphatic heterocycles. The van der Waals surface area contributed by atoms with E-state index in [4.69, 9.17) is 0 Å². The molecule has 4 nitrogen and oxygen atoms in total. The van der Waals surface area contributed by atoms with Gasteiger partial charge in [-0.05, 0) is 6.42 Å². The Morgan fingerprint density at radius 3 is 2.73 bits per heavy atom. The van der Waals surface area contributed by atoms with E-state index in [0.29, 0.717) is 13.0 Å². The smallest absolute Gasteiger partial charge is 0.310 e. The second kappa shape index (κ2) is 5.70. The number of hydrogen-bond acceptors (Lipinski definition) is 3. The van der Waals surface area contributed by atoms with Gasteiger partial charge in [-0.3, -0.25) is 9.59 Å². The van der Waals surface area contributed by atoms with Crippen molar-refractivity contribution in [3.05, 3.63) is 0 Å². The molecule has 1 radical (unpaired) electrons. The van der Waals surface area contributed by atoms with Gasteiger partial charge in [-0.25, -0.2) is 0 Å². The molecule has 0 aromatic rings. The van der Waals surface area contributed by atoms with Crippen molar-refractivity contribution in [2.45, 2.75) is 13.3 Å². The van der Waals surface area contributed by atoms with Crippen LogP contribution in [0.4, 0.5) is 0 Å².